The summed E-state index contributed by atoms with van der Waals surface area (Å²) >= 11 is 5.13. The molecule has 7 nitrogen and oxygen atoms in total. The number of hydrogen-bond donors (Lipinski definition) is 3. The van der Waals surface area contributed by atoms with Crippen LogP contribution in [-0.2, 0) is 4.74 Å². The summed E-state index contributed by atoms with van der Waals surface area (Å²) in [6.45, 7) is 3.23. The third-order valence-corrected chi connectivity index (χ3v) is 4.80. The van der Waals surface area contributed by atoms with E-state index in [0.29, 0.717) is 36.7 Å². The van der Waals surface area contributed by atoms with Gasteiger partial charge >= 0.3 is 0 Å². The minimum absolute atomic E-state index is 0.0432. The Bertz CT molecular complexity index is 1090. The minimum Gasteiger partial charge on any atom is -0.490 e. The van der Waals surface area contributed by atoms with Gasteiger partial charge in [0.15, 0.2) is 5.11 Å². The number of carbonyl (C=O) groups excluding carboxylic acids is 2. The lowest BCUT2D eigenvalue weighted by molar-refractivity contribution is 0.0931. The van der Waals surface area contributed by atoms with Crippen molar-refractivity contribution in [3.63, 3.8) is 0 Å². The molecule has 3 N–H and O–H groups in total. The Hall–Kier alpha value is -3.75. The van der Waals surface area contributed by atoms with Crippen molar-refractivity contribution in [3.8, 4) is 16.9 Å². The number of rotatable bonds is 8. The minimum atomic E-state index is -0.457. The molecule has 0 radical (unpaired) electrons. The molecule has 0 unspecified atom stereocenters. The van der Waals surface area contributed by atoms with Crippen LogP contribution in [0.5, 0.6) is 5.75 Å². The Labute approximate surface area is 198 Å². The van der Waals surface area contributed by atoms with Gasteiger partial charge in [0.2, 0.25) is 0 Å². The van der Waals surface area contributed by atoms with Crippen molar-refractivity contribution in [2.24, 2.45) is 0 Å². The van der Waals surface area contributed by atoms with Crippen molar-refractivity contribution < 1.29 is 19.1 Å². The summed E-state index contributed by atoms with van der Waals surface area (Å²) in [4.78, 5) is 25.0. The summed E-state index contributed by atoms with van der Waals surface area (Å²) in [7, 11) is 0. The average Bonchev–Trinajstić information content (AvgIpc) is 2.86. The van der Waals surface area contributed by atoms with Crippen molar-refractivity contribution in [2.45, 2.75) is 6.92 Å². The van der Waals surface area contributed by atoms with Gasteiger partial charge in [0.25, 0.3) is 11.8 Å². The van der Waals surface area contributed by atoms with Crippen LogP contribution in [0.15, 0.2) is 78.9 Å². The highest BCUT2D eigenvalue weighted by Crippen LogP contribution is 2.19. The van der Waals surface area contributed by atoms with Crippen LogP contribution in [0.4, 0.5) is 0 Å². The number of amides is 2. The van der Waals surface area contributed by atoms with E-state index in [2.05, 4.69) is 16.2 Å². The molecule has 0 spiro atoms. The molecular formula is C25H25N3O4S. The molecule has 0 heterocycles. The molecule has 2 amide bonds. The van der Waals surface area contributed by atoms with E-state index in [1.54, 1.807) is 36.4 Å². The van der Waals surface area contributed by atoms with Gasteiger partial charge in [-0.25, -0.2) is 0 Å². The zero-order valence-electron chi connectivity index (χ0n) is 18.2. The predicted molar refractivity (Wildman–Crippen MR) is 131 cm³/mol. The molecule has 0 aliphatic carbocycles. The van der Waals surface area contributed by atoms with Gasteiger partial charge in [-0.05, 0) is 54.5 Å². The summed E-state index contributed by atoms with van der Waals surface area (Å²) in [5.74, 6) is -0.424. The molecule has 3 aromatic rings. The first-order valence-corrected chi connectivity index (χ1v) is 10.9. The van der Waals surface area contributed by atoms with Crippen molar-refractivity contribution in [2.75, 3.05) is 19.8 Å². The molecule has 0 aliphatic heterocycles. The monoisotopic (exact) mass is 463 g/mol. The molecule has 0 aromatic heterocycles. The van der Waals surface area contributed by atoms with E-state index < -0.39 is 5.91 Å². The molecule has 0 saturated carbocycles. The van der Waals surface area contributed by atoms with Gasteiger partial charge in [-0.3, -0.25) is 25.8 Å². The van der Waals surface area contributed by atoms with Gasteiger partial charge in [-0.2, -0.15) is 0 Å². The van der Waals surface area contributed by atoms with Crippen LogP contribution in [0.25, 0.3) is 11.1 Å². The third-order valence-electron chi connectivity index (χ3n) is 4.59. The van der Waals surface area contributed by atoms with E-state index in [1.165, 1.54) is 0 Å². The van der Waals surface area contributed by atoms with Crippen LogP contribution >= 0.6 is 12.2 Å². The summed E-state index contributed by atoms with van der Waals surface area (Å²) in [6, 6.07) is 23.9. The second-order valence-electron chi connectivity index (χ2n) is 6.85. The first kappa shape index (κ1) is 23.9. The summed E-state index contributed by atoms with van der Waals surface area (Å²) in [6.07, 6.45) is 0. The zero-order valence-corrected chi connectivity index (χ0v) is 19.0. The van der Waals surface area contributed by atoms with Crippen molar-refractivity contribution in [1.29, 1.82) is 0 Å². The molecule has 0 aliphatic rings. The second kappa shape index (κ2) is 12.3. The molecule has 0 fully saturated rings. The van der Waals surface area contributed by atoms with Gasteiger partial charge < -0.3 is 9.47 Å². The SMILES string of the molecule is CCOCCOc1ccccc1C(=O)NC(=S)NNC(=O)c1ccc(-c2ccccc2)cc1. The Morgan fingerprint density at radius 3 is 2.18 bits per heavy atom. The highest BCUT2D eigenvalue weighted by atomic mass is 32.1. The van der Waals surface area contributed by atoms with E-state index in [4.69, 9.17) is 21.7 Å². The van der Waals surface area contributed by atoms with Crippen LogP contribution in [0.2, 0.25) is 0 Å². The summed E-state index contributed by atoms with van der Waals surface area (Å²) in [5, 5.41) is 2.49. The van der Waals surface area contributed by atoms with Crippen LogP contribution in [0, 0.1) is 0 Å². The van der Waals surface area contributed by atoms with E-state index in [0.717, 1.165) is 11.1 Å². The number of hydrazine groups is 1. The lowest BCUT2D eigenvalue weighted by atomic mass is 10.0. The van der Waals surface area contributed by atoms with Gasteiger partial charge in [-0.1, -0.05) is 54.6 Å². The molecular weight excluding hydrogens is 438 g/mol. The molecule has 3 aromatic carbocycles. The lowest BCUT2D eigenvalue weighted by Crippen LogP contribution is -2.48. The summed E-state index contributed by atoms with van der Waals surface area (Å²) in [5.41, 5.74) is 7.87. The van der Waals surface area contributed by atoms with E-state index in [9.17, 15) is 9.59 Å². The zero-order chi connectivity index (χ0) is 23.5. The molecule has 170 valence electrons. The van der Waals surface area contributed by atoms with Crippen molar-refractivity contribution in [1.82, 2.24) is 16.2 Å². The maximum atomic E-state index is 12.6. The number of ether oxygens (including phenoxy) is 2. The highest BCUT2D eigenvalue weighted by Gasteiger charge is 2.14. The number of para-hydroxylation sites is 1. The number of hydrogen-bond acceptors (Lipinski definition) is 5. The maximum Gasteiger partial charge on any atom is 0.269 e. The summed E-state index contributed by atoms with van der Waals surface area (Å²) < 4.78 is 10.9. The van der Waals surface area contributed by atoms with E-state index >= 15 is 0 Å². The van der Waals surface area contributed by atoms with Crippen LogP contribution < -0.4 is 20.9 Å². The van der Waals surface area contributed by atoms with E-state index in [-0.39, 0.29) is 11.0 Å². The average molecular weight is 464 g/mol. The van der Waals surface area contributed by atoms with Gasteiger partial charge in [-0.15, -0.1) is 0 Å². The van der Waals surface area contributed by atoms with Gasteiger partial charge in [0, 0.05) is 12.2 Å². The number of carbonyl (C=O) groups is 2. The molecule has 8 heteroatoms. The largest absolute Gasteiger partial charge is 0.490 e. The lowest BCUT2D eigenvalue weighted by Gasteiger charge is -2.13. The topological polar surface area (TPSA) is 88.7 Å². The number of nitrogens with one attached hydrogen (secondary N) is 3. The van der Waals surface area contributed by atoms with Gasteiger partial charge in [0.1, 0.15) is 12.4 Å². The molecule has 3 rings (SSSR count). The van der Waals surface area contributed by atoms with E-state index in [1.807, 2.05) is 49.4 Å². The van der Waals surface area contributed by atoms with Gasteiger partial charge in [0.05, 0.1) is 12.2 Å². The molecule has 0 bridgehead atoms. The standard InChI is InChI=1S/C25H25N3O4S/c1-2-31-16-17-32-22-11-7-6-10-21(22)24(30)26-25(33)28-27-23(29)20-14-12-19(13-15-20)18-8-4-3-5-9-18/h3-15H,2,16-17H2,1H3,(H,27,29)(H2,26,28,30,33). The van der Waals surface area contributed by atoms with Crippen molar-refractivity contribution >= 4 is 29.1 Å². The second-order valence-corrected chi connectivity index (χ2v) is 7.26. The van der Waals surface area contributed by atoms with Crippen molar-refractivity contribution in [3.05, 3.63) is 90.0 Å². The Morgan fingerprint density at radius 2 is 1.45 bits per heavy atom. The molecule has 0 saturated heterocycles. The Balaban J connectivity index is 1.51. The normalized spacial score (nSPS) is 10.2. The Morgan fingerprint density at radius 1 is 0.788 bits per heavy atom. The first-order chi connectivity index (χ1) is 16.1. The first-order valence-electron chi connectivity index (χ1n) is 10.4. The molecule has 33 heavy (non-hydrogen) atoms. The fraction of sp³-hybridized carbons (Fsp3) is 0.160. The fourth-order valence-electron chi connectivity index (χ4n) is 2.97. The van der Waals surface area contributed by atoms with Crippen LogP contribution in [-0.4, -0.2) is 36.7 Å². The number of thiocarbonyl (C=S) groups is 1. The number of benzene rings is 3. The Kier molecular flexibility index (Phi) is 8.93. The maximum absolute atomic E-state index is 12.6. The van der Waals surface area contributed by atoms with Crippen LogP contribution in [0.3, 0.4) is 0 Å². The predicted octanol–water partition coefficient (Wildman–Crippen LogP) is 3.72. The smallest absolute Gasteiger partial charge is 0.269 e. The highest BCUT2D eigenvalue weighted by molar-refractivity contribution is 7.80. The quantitative estimate of drug-likeness (QED) is 0.268. The van der Waals surface area contributed by atoms with Crippen LogP contribution in [0.1, 0.15) is 27.6 Å². The fourth-order valence-corrected chi connectivity index (χ4v) is 3.11. The molecule has 0 atom stereocenters. The third kappa shape index (κ3) is 7.13.